The Labute approximate surface area is 118 Å². The number of hydrogen-bond donors (Lipinski definition) is 3. The lowest BCUT2D eigenvalue weighted by atomic mass is 10.0. The smallest absolute Gasteiger partial charge is 0.238 e. The number of aromatic nitrogens is 1. The fraction of sp³-hybridized carbons (Fsp3) is 0.167. The number of benzene rings is 1. The fourth-order valence-corrected chi connectivity index (χ4v) is 2.09. The average molecular weight is 292 g/mol. The lowest BCUT2D eigenvalue weighted by molar-refractivity contribution is -0.119. The molecule has 2 aromatic rings. The first kappa shape index (κ1) is 14.0. The van der Waals surface area contributed by atoms with Gasteiger partial charge in [-0.1, -0.05) is 23.7 Å². The van der Waals surface area contributed by atoms with Crippen molar-refractivity contribution in [3.05, 3.63) is 35.0 Å². The highest BCUT2D eigenvalue weighted by atomic mass is 35.5. The molecule has 0 saturated carbocycles. The largest absolute Gasteiger partial charge is 0.359 e. The van der Waals surface area contributed by atoms with Crippen molar-refractivity contribution in [2.24, 2.45) is 10.2 Å². The monoisotopic (exact) mass is 291 g/mol. The van der Waals surface area contributed by atoms with Crippen molar-refractivity contribution in [2.75, 3.05) is 0 Å². The molecule has 0 amide bonds. The number of ketones is 2. The molecule has 3 N–H and O–H groups in total. The number of halogens is 1. The molecule has 0 aliphatic heterocycles. The Balaban J connectivity index is 2.28. The summed E-state index contributed by atoms with van der Waals surface area (Å²) < 4.78 is 0. The van der Waals surface area contributed by atoms with Gasteiger partial charge >= 0.3 is 0 Å². The average Bonchev–Trinajstić information content (AvgIpc) is 2.85. The van der Waals surface area contributed by atoms with Crippen LogP contribution in [0.1, 0.15) is 16.8 Å². The zero-order valence-electron chi connectivity index (χ0n) is 10.2. The van der Waals surface area contributed by atoms with Crippen LogP contribution >= 0.6 is 11.6 Å². The van der Waals surface area contributed by atoms with Crippen molar-refractivity contribution in [3.8, 4) is 0 Å². The molecule has 8 heteroatoms. The molecular weight excluding hydrogens is 282 g/mol. The second kappa shape index (κ2) is 5.70. The molecule has 7 nitrogen and oxygen atoms in total. The number of carbonyl (C=O) groups excluding carboxylic acids is 2. The minimum atomic E-state index is -1.44. The molecule has 2 rings (SSSR count). The molecule has 1 aromatic carbocycles. The molecule has 0 spiro atoms. The Hall–Kier alpha value is -2.41. The van der Waals surface area contributed by atoms with Crippen LogP contribution in [0, 0.1) is 11.1 Å². The SMILES string of the molecule is N=NC(N=N)C(=O)CC(=O)c1c[nH]c2c(Cl)cccc12. The third-order valence-corrected chi connectivity index (χ3v) is 3.15. The van der Waals surface area contributed by atoms with Crippen molar-refractivity contribution >= 4 is 34.1 Å². The van der Waals surface area contributed by atoms with Crippen molar-refractivity contribution in [2.45, 2.75) is 12.6 Å². The molecule has 0 atom stereocenters. The lowest BCUT2D eigenvalue weighted by Gasteiger charge is -2.02. The zero-order chi connectivity index (χ0) is 14.7. The maximum absolute atomic E-state index is 12.1. The van der Waals surface area contributed by atoms with E-state index in [4.69, 9.17) is 22.7 Å². The Morgan fingerprint density at radius 1 is 1.30 bits per heavy atom. The lowest BCUT2D eigenvalue weighted by Crippen LogP contribution is -2.18. The van der Waals surface area contributed by atoms with Gasteiger partial charge in [-0.25, -0.2) is 11.1 Å². The van der Waals surface area contributed by atoms with Gasteiger partial charge in [-0.3, -0.25) is 9.59 Å². The first-order valence-corrected chi connectivity index (χ1v) is 6.01. The van der Waals surface area contributed by atoms with E-state index < -0.39 is 24.2 Å². The normalized spacial score (nSPS) is 12.1. The van der Waals surface area contributed by atoms with E-state index in [-0.39, 0.29) is 0 Å². The number of nitrogens with zero attached hydrogens (tertiary/aromatic N) is 2. The highest BCUT2D eigenvalue weighted by Crippen LogP contribution is 2.26. The van der Waals surface area contributed by atoms with E-state index in [1.54, 1.807) is 18.2 Å². The molecule has 0 radical (unpaired) electrons. The number of Topliss-reactive ketones (excluding diaryl/α,β-unsaturated/α-hetero) is 2. The maximum Gasteiger partial charge on any atom is 0.238 e. The first-order valence-electron chi connectivity index (χ1n) is 5.63. The Bertz CT molecular complexity index is 701. The van der Waals surface area contributed by atoms with Crippen LogP contribution in [-0.2, 0) is 4.79 Å². The molecule has 0 aliphatic carbocycles. The van der Waals surface area contributed by atoms with E-state index in [9.17, 15) is 9.59 Å². The summed E-state index contributed by atoms with van der Waals surface area (Å²) in [5, 5.41) is 6.87. The van der Waals surface area contributed by atoms with Crippen LogP contribution in [0.4, 0.5) is 0 Å². The number of rotatable bonds is 6. The second-order valence-electron chi connectivity index (χ2n) is 4.06. The van der Waals surface area contributed by atoms with E-state index in [2.05, 4.69) is 15.2 Å². The Morgan fingerprint density at radius 3 is 2.65 bits per heavy atom. The molecule has 0 unspecified atom stereocenters. The number of carbonyl (C=O) groups is 2. The van der Waals surface area contributed by atoms with E-state index in [0.717, 1.165) is 0 Å². The van der Waals surface area contributed by atoms with Crippen LogP contribution in [0.3, 0.4) is 0 Å². The fourth-order valence-electron chi connectivity index (χ4n) is 1.87. The molecule has 102 valence electrons. The number of para-hydroxylation sites is 1. The number of aromatic amines is 1. The molecule has 1 heterocycles. The maximum atomic E-state index is 12.1. The summed E-state index contributed by atoms with van der Waals surface area (Å²) >= 11 is 5.99. The Morgan fingerprint density at radius 2 is 2.00 bits per heavy atom. The van der Waals surface area contributed by atoms with E-state index in [1.807, 2.05) is 0 Å². The molecule has 0 saturated heterocycles. The molecule has 1 aromatic heterocycles. The highest BCUT2D eigenvalue weighted by molar-refractivity contribution is 6.35. The minimum Gasteiger partial charge on any atom is -0.359 e. The van der Waals surface area contributed by atoms with Gasteiger partial charge < -0.3 is 4.98 Å². The van der Waals surface area contributed by atoms with Crippen LogP contribution in [0.5, 0.6) is 0 Å². The number of hydrogen-bond acceptors (Lipinski definition) is 6. The van der Waals surface area contributed by atoms with Gasteiger partial charge in [0, 0.05) is 17.1 Å². The first-order chi connectivity index (χ1) is 9.58. The number of fused-ring (bicyclic) bond motifs is 1. The van der Waals surface area contributed by atoms with Crippen LogP contribution in [0.25, 0.3) is 10.9 Å². The summed E-state index contributed by atoms with van der Waals surface area (Å²) in [6.07, 6.45) is -0.418. The summed E-state index contributed by atoms with van der Waals surface area (Å²) in [5.74, 6) is -1.11. The van der Waals surface area contributed by atoms with E-state index in [0.29, 0.717) is 21.5 Å². The van der Waals surface area contributed by atoms with Gasteiger partial charge in [0.1, 0.15) is 0 Å². The van der Waals surface area contributed by atoms with Crippen LogP contribution in [0.15, 0.2) is 34.6 Å². The number of H-pyrrole nitrogens is 1. The summed E-state index contributed by atoms with van der Waals surface area (Å²) in [4.78, 5) is 26.6. The van der Waals surface area contributed by atoms with E-state index >= 15 is 0 Å². The predicted molar refractivity (Wildman–Crippen MR) is 71.3 cm³/mol. The summed E-state index contributed by atoms with van der Waals surface area (Å²) in [5.41, 5.74) is 14.4. The minimum absolute atomic E-state index is 0.338. The summed E-state index contributed by atoms with van der Waals surface area (Å²) in [6.45, 7) is 0. The Kier molecular flexibility index (Phi) is 3.99. The molecule has 0 bridgehead atoms. The van der Waals surface area contributed by atoms with Crippen molar-refractivity contribution < 1.29 is 9.59 Å². The van der Waals surface area contributed by atoms with Gasteiger partial charge in [-0.2, -0.15) is 10.2 Å². The van der Waals surface area contributed by atoms with Crippen LogP contribution in [-0.4, -0.2) is 22.7 Å². The quantitative estimate of drug-likeness (QED) is 0.429. The standard InChI is InChI=1S/C12H10ClN5O2/c13-8-3-1-2-6-7(5-16-11(6)8)9(19)4-10(20)12(17-14)18-15/h1-3,5,12,14-16H,4H2. The molecule has 0 fully saturated rings. The van der Waals surface area contributed by atoms with Gasteiger partial charge in [0.05, 0.1) is 17.0 Å². The summed E-state index contributed by atoms with van der Waals surface area (Å²) in [6, 6.07) is 5.11. The zero-order valence-corrected chi connectivity index (χ0v) is 10.9. The van der Waals surface area contributed by atoms with E-state index in [1.165, 1.54) is 6.20 Å². The van der Waals surface area contributed by atoms with Crippen molar-refractivity contribution in [1.82, 2.24) is 4.98 Å². The topological polar surface area (TPSA) is 122 Å². The van der Waals surface area contributed by atoms with Gasteiger partial charge in [0.25, 0.3) is 0 Å². The summed E-state index contributed by atoms with van der Waals surface area (Å²) in [7, 11) is 0. The number of nitrogens with one attached hydrogen (secondary N) is 3. The third-order valence-electron chi connectivity index (χ3n) is 2.83. The van der Waals surface area contributed by atoms with Gasteiger partial charge in [-0.05, 0) is 6.07 Å². The molecular formula is C12H10ClN5O2. The molecule has 20 heavy (non-hydrogen) atoms. The van der Waals surface area contributed by atoms with Crippen LogP contribution in [0.2, 0.25) is 5.02 Å². The van der Waals surface area contributed by atoms with Crippen molar-refractivity contribution in [1.29, 1.82) is 11.1 Å². The van der Waals surface area contributed by atoms with Crippen molar-refractivity contribution in [3.63, 3.8) is 0 Å². The highest BCUT2D eigenvalue weighted by Gasteiger charge is 2.22. The van der Waals surface area contributed by atoms with Gasteiger partial charge in [-0.15, -0.1) is 0 Å². The predicted octanol–water partition coefficient (Wildman–Crippen LogP) is 3.35. The molecule has 0 aliphatic rings. The van der Waals surface area contributed by atoms with Gasteiger partial charge in [0.15, 0.2) is 11.6 Å². The third kappa shape index (κ3) is 2.48. The van der Waals surface area contributed by atoms with Gasteiger partial charge in [0.2, 0.25) is 6.17 Å². The van der Waals surface area contributed by atoms with Crippen LogP contribution < -0.4 is 0 Å². The second-order valence-corrected chi connectivity index (χ2v) is 4.47.